The maximum atomic E-state index is 13.3. The number of ether oxygens (including phenoxy) is 3. The quantitative estimate of drug-likeness (QED) is 0.630. The Morgan fingerprint density at radius 2 is 1.14 bits per heavy atom. The van der Waals surface area contributed by atoms with E-state index in [4.69, 9.17) is 14.2 Å². The monoisotopic (exact) mass is 466 g/mol. The molecule has 7 nitrogen and oxygen atoms in total. The highest BCUT2D eigenvalue weighted by molar-refractivity contribution is 6.01. The topological polar surface area (TPSA) is 109 Å². The Morgan fingerprint density at radius 3 is 1.46 bits per heavy atom. The molecule has 0 spiro atoms. The van der Waals surface area contributed by atoms with E-state index in [1.54, 1.807) is 0 Å². The van der Waals surface area contributed by atoms with Crippen molar-refractivity contribution in [3.63, 3.8) is 0 Å². The van der Waals surface area contributed by atoms with Gasteiger partial charge in [-0.05, 0) is 46.3 Å². The fourth-order valence-electron chi connectivity index (χ4n) is 5.89. The third kappa shape index (κ3) is 2.73. The van der Waals surface area contributed by atoms with E-state index in [9.17, 15) is 20.1 Å². The van der Waals surface area contributed by atoms with Crippen molar-refractivity contribution in [3.05, 3.63) is 82.9 Å². The van der Waals surface area contributed by atoms with Crippen LogP contribution in [-0.2, 0) is 23.8 Å². The highest BCUT2D eigenvalue weighted by atomic mass is 16.6. The normalized spacial score (nSPS) is 28.7. The molecule has 2 aromatic carbocycles. The predicted molar refractivity (Wildman–Crippen MR) is 125 cm³/mol. The van der Waals surface area contributed by atoms with E-state index in [0.717, 1.165) is 36.5 Å². The number of hydrogen-bond acceptors (Lipinski definition) is 7. The van der Waals surface area contributed by atoms with Gasteiger partial charge in [0.05, 0.1) is 26.4 Å². The van der Waals surface area contributed by atoms with Gasteiger partial charge in [0.25, 0.3) is 0 Å². The Morgan fingerprint density at radius 1 is 0.771 bits per heavy atom. The van der Waals surface area contributed by atoms with Gasteiger partial charge in [0.2, 0.25) is 10.8 Å². The molecule has 0 aromatic heterocycles. The highest BCUT2D eigenvalue weighted by Gasteiger charge is 2.82. The van der Waals surface area contributed by atoms with E-state index in [1.165, 1.54) is 0 Å². The second kappa shape index (κ2) is 8.23. The molecule has 4 atom stereocenters. The second-order valence-corrected chi connectivity index (χ2v) is 8.74. The lowest BCUT2D eigenvalue weighted by molar-refractivity contribution is -0.166. The van der Waals surface area contributed by atoms with Gasteiger partial charge in [-0.1, -0.05) is 60.7 Å². The number of nitriles is 2. The standard InChI is InChI=1S/C28H22N2O5/c1-33-25(31)27(15-29)23-21-19(17-9-5-3-6-10-17)13-14-20(18-11-7-4-8-12-18)22(21)24(35-23)28(27,16-30)26(32)34-2/h3-12,23-24H,13-14H2,1-2H3/t23-,24+,27-,28-/m1/s1. The van der Waals surface area contributed by atoms with Crippen LogP contribution in [0.3, 0.4) is 0 Å². The molecule has 174 valence electrons. The maximum Gasteiger partial charge on any atom is 0.331 e. The lowest BCUT2D eigenvalue weighted by Gasteiger charge is -2.42. The van der Waals surface area contributed by atoms with Crippen LogP contribution in [-0.4, -0.2) is 38.4 Å². The van der Waals surface area contributed by atoms with Crippen LogP contribution in [0.1, 0.15) is 24.0 Å². The Kier molecular flexibility index (Phi) is 5.31. The molecule has 3 aliphatic rings. The number of methoxy groups -OCH3 is 2. The molecule has 2 bridgehead atoms. The van der Waals surface area contributed by atoms with E-state index in [-0.39, 0.29) is 0 Å². The summed E-state index contributed by atoms with van der Waals surface area (Å²) in [4.78, 5) is 26.6. The molecule has 2 aromatic rings. The van der Waals surface area contributed by atoms with Crippen molar-refractivity contribution < 1.29 is 23.8 Å². The van der Waals surface area contributed by atoms with Crippen molar-refractivity contribution >= 4 is 23.1 Å². The molecule has 2 aliphatic heterocycles. The first-order valence-corrected chi connectivity index (χ1v) is 11.2. The number of esters is 2. The van der Waals surface area contributed by atoms with Gasteiger partial charge < -0.3 is 14.2 Å². The summed E-state index contributed by atoms with van der Waals surface area (Å²) >= 11 is 0. The van der Waals surface area contributed by atoms with Crippen LogP contribution in [0.5, 0.6) is 0 Å². The molecular formula is C28H22N2O5. The third-order valence-electron chi connectivity index (χ3n) is 7.38. The van der Waals surface area contributed by atoms with Crippen LogP contribution < -0.4 is 0 Å². The molecule has 1 aliphatic carbocycles. The minimum absolute atomic E-state index is 0.639. The highest BCUT2D eigenvalue weighted by Crippen LogP contribution is 2.67. The second-order valence-electron chi connectivity index (χ2n) is 8.74. The summed E-state index contributed by atoms with van der Waals surface area (Å²) < 4.78 is 16.4. The summed E-state index contributed by atoms with van der Waals surface area (Å²) in [6.07, 6.45) is -1.07. The van der Waals surface area contributed by atoms with E-state index in [1.807, 2.05) is 72.8 Å². The summed E-state index contributed by atoms with van der Waals surface area (Å²) in [6.45, 7) is 0. The molecule has 0 amide bonds. The van der Waals surface area contributed by atoms with Crippen LogP contribution in [0.4, 0.5) is 0 Å². The summed E-state index contributed by atoms with van der Waals surface area (Å²) in [5, 5.41) is 20.9. The first kappa shape index (κ1) is 22.6. The van der Waals surface area contributed by atoms with Gasteiger partial charge in [-0.3, -0.25) is 9.59 Å². The van der Waals surface area contributed by atoms with Crippen molar-refractivity contribution in [1.82, 2.24) is 0 Å². The van der Waals surface area contributed by atoms with E-state index >= 15 is 0 Å². The van der Waals surface area contributed by atoms with Crippen molar-refractivity contribution in [2.45, 2.75) is 25.0 Å². The van der Waals surface area contributed by atoms with Crippen molar-refractivity contribution in [2.75, 3.05) is 14.2 Å². The van der Waals surface area contributed by atoms with Gasteiger partial charge in [0.15, 0.2) is 0 Å². The van der Waals surface area contributed by atoms with Gasteiger partial charge >= 0.3 is 11.9 Å². The smallest absolute Gasteiger partial charge is 0.331 e. The van der Waals surface area contributed by atoms with Crippen LogP contribution >= 0.6 is 0 Å². The summed E-state index contributed by atoms with van der Waals surface area (Å²) in [5.74, 6) is -1.99. The first-order valence-electron chi connectivity index (χ1n) is 11.2. The number of carbonyl (C=O) groups excluding carboxylic acids is 2. The molecule has 2 saturated heterocycles. The largest absolute Gasteiger partial charge is 0.468 e. The maximum absolute atomic E-state index is 13.3. The van der Waals surface area contributed by atoms with Crippen LogP contribution in [0.2, 0.25) is 0 Å². The molecule has 5 rings (SSSR count). The number of allylic oxidation sites excluding steroid dienone is 2. The molecule has 0 unspecified atom stereocenters. The molecule has 7 heteroatoms. The Hall–Kier alpha value is -4.20. The molecular weight excluding hydrogens is 444 g/mol. The predicted octanol–water partition coefficient (Wildman–Crippen LogP) is 3.83. The molecule has 0 N–H and O–H groups in total. The van der Waals surface area contributed by atoms with Gasteiger partial charge in [0, 0.05) is 0 Å². The van der Waals surface area contributed by atoms with Crippen molar-refractivity contribution in [1.29, 1.82) is 10.5 Å². The van der Waals surface area contributed by atoms with Gasteiger partial charge in [-0.2, -0.15) is 10.5 Å². The van der Waals surface area contributed by atoms with Crippen molar-refractivity contribution in [3.8, 4) is 12.1 Å². The lowest BCUT2D eigenvalue weighted by atomic mass is 9.52. The van der Waals surface area contributed by atoms with Gasteiger partial charge in [-0.25, -0.2) is 0 Å². The average molecular weight is 466 g/mol. The zero-order valence-corrected chi connectivity index (χ0v) is 19.3. The Labute approximate surface area is 202 Å². The fourth-order valence-corrected chi connectivity index (χ4v) is 5.89. The minimum Gasteiger partial charge on any atom is -0.468 e. The third-order valence-corrected chi connectivity index (χ3v) is 7.38. The Balaban J connectivity index is 1.89. The van der Waals surface area contributed by atoms with Crippen LogP contribution in [0.15, 0.2) is 71.8 Å². The number of nitrogens with zero attached hydrogens (tertiary/aromatic N) is 2. The number of benzene rings is 2. The molecule has 0 saturated carbocycles. The molecule has 2 fully saturated rings. The number of rotatable bonds is 4. The van der Waals surface area contributed by atoms with Crippen LogP contribution in [0.25, 0.3) is 11.1 Å². The van der Waals surface area contributed by atoms with E-state index in [0.29, 0.717) is 24.0 Å². The molecule has 35 heavy (non-hydrogen) atoms. The van der Waals surface area contributed by atoms with Crippen molar-refractivity contribution in [2.24, 2.45) is 10.8 Å². The zero-order chi connectivity index (χ0) is 24.8. The summed E-state index contributed by atoms with van der Waals surface area (Å²) in [6, 6.07) is 23.3. The fraction of sp³-hybridized carbons (Fsp3) is 0.286. The number of carbonyl (C=O) groups is 2. The van der Waals surface area contributed by atoms with Gasteiger partial charge in [0.1, 0.15) is 12.2 Å². The minimum atomic E-state index is -2.23. The first-order chi connectivity index (χ1) is 17.0. The molecule has 2 heterocycles. The number of fused-ring (bicyclic) bond motifs is 5. The van der Waals surface area contributed by atoms with Crippen LogP contribution in [0, 0.1) is 33.5 Å². The van der Waals surface area contributed by atoms with Gasteiger partial charge in [-0.15, -0.1) is 0 Å². The summed E-state index contributed by atoms with van der Waals surface area (Å²) in [7, 11) is 2.26. The zero-order valence-electron chi connectivity index (χ0n) is 19.3. The SMILES string of the molecule is COC(=O)[C@@]1(C#N)[C@@H]2O[C@@H](C3=C(c4ccccc4)CCC(c4ccccc4)=C32)[C@]1(C#N)C(=O)OC. The average Bonchev–Trinajstić information content (AvgIpc) is 3.46. The van der Waals surface area contributed by atoms with E-state index in [2.05, 4.69) is 0 Å². The summed E-state index contributed by atoms with van der Waals surface area (Å²) in [5.41, 5.74) is 0.598. The molecule has 0 radical (unpaired) electrons. The lowest BCUT2D eigenvalue weighted by Crippen LogP contribution is -2.60. The number of hydrogen-bond donors (Lipinski definition) is 0. The van der Waals surface area contributed by atoms with E-state index < -0.39 is 35.0 Å². The Bertz CT molecular complexity index is 1260.